The number of amides is 2. The highest BCUT2D eigenvalue weighted by atomic mass is 16.5. The lowest BCUT2D eigenvalue weighted by molar-refractivity contribution is -0.136. The van der Waals surface area contributed by atoms with Crippen molar-refractivity contribution in [2.75, 3.05) is 11.9 Å². The summed E-state index contributed by atoms with van der Waals surface area (Å²) in [5.74, 6) is -1.31. The third-order valence-electron chi connectivity index (χ3n) is 5.64. The van der Waals surface area contributed by atoms with E-state index in [0.29, 0.717) is 11.4 Å². The van der Waals surface area contributed by atoms with E-state index in [9.17, 15) is 14.4 Å². The molecule has 1 aliphatic rings. The quantitative estimate of drug-likeness (QED) is 0.469. The molecule has 0 saturated carbocycles. The van der Waals surface area contributed by atoms with Gasteiger partial charge in [0, 0.05) is 18.4 Å². The first kappa shape index (κ1) is 23.0. The molecule has 1 heterocycles. The van der Waals surface area contributed by atoms with Crippen molar-refractivity contribution < 1.29 is 24.2 Å². The summed E-state index contributed by atoms with van der Waals surface area (Å²) in [5.41, 5.74) is 5.42. The Balaban J connectivity index is 1.27. The summed E-state index contributed by atoms with van der Waals surface area (Å²) in [6.45, 7) is 1.92. The van der Waals surface area contributed by atoms with Crippen LogP contribution in [0.15, 0.2) is 66.9 Å². The van der Waals surface area contributed by atoms with Gasteiger partial charge in [-0.1, -0.05) is 48.5 Å². The molecule has 0 fully saturated rings. The number of carboxylic acids is 1. The highest BCUT2D eigenvalue weighted by molar-refractivity contribution is 5.91. The predicted molar refractivity (Wildman–Crippen MR) is 126 cm³/mol. The van der Waals surface area contributed by atoms with E-state index in [1.807, 2.05) is 24.3 Å². The number of hydrogen-bond acceptors (Lipinski definition) is 5. The molecule has 1 aromatic heterocycles. The van der Waals surface area contributed by atoms with Gasteiger partial charge in [-0.25, -0.2) is 4.79 Å². The number of benzene rings is 2. The normalized spacial score (nSPS) is 12.9. The fourth-order valence-electron chi connectivity index (χ4n) is 4.14. The number of aliphatic carboxylic acids is 1. The molecule has 3 N–H and O–H groups in total. The van der Waals surface area contributed by atoms with Crippen molar-refractivity contribution >= 4 is 23.7 Å². The van der Waals surface area contributed by atoms with Crippen molar-refractivity contribution in [1.29, 1.82) is 0 Å². The number of hydrogen-bond donors (Lipinski definition) is 3. The van der Waals surface area contributed by atoms with Crippen LogP contribution in [-0.2, 0) is 20.7 Å². The van der Waals surface area contributed by atoms with Gasteiger partial charge in [-0.15, -0.1) is 0 Å². The number of nitrogens with zero attached hydrogens (tertiary/aromatic N) is 1. The lowest BCUT2D eigenvalue weighted by atomic mass is 9.98. The maximum Gasteiger partial charge on any atom is 0.407 e. The van der Waals surface area contributed by atoms with E-state index in [4.69, 9.17) is 9.84 Å². The molecule has 2 aromatic carbocycles. The van der Waals surface area contributed by atoms with E-state index < -0.39 is 18.1 Å². The van der Waals surface area contributed by atoms with Crippen LogP contribution in [0.2, 0.25) is 0 Å². The molecule has 174 valence electrons. The lowest BCUT2D eigenvalue weighted by Gasteiger charge is -2.17. The lowest BCUT2D eigenvalue weighted by Crippen LogP contribution is -2.36. The van der Waals surface area contributed by atoms with E-state index in [0.717, 1.165) is 22.3 Å². The summed E-state index contributed by atoms with van der Waals surface area (Å²) in [6, 6.07) is 18.9. The minimum atomic E-state index is -0.975. The van der Waals surface area contributed by atoms with Crippen LogP contribution in [0, 0.1) is 0 Å². The highest BCUT2D eigenvalue weighted by Gasteiger charge is 2.29. The third kappa shape index (κ3) is 5.40. The van der Waals surface area contributed by atoms with Crippen LogP contribution in [-0.4, -0.2) is 40.7 Å². The van der Waals surface area contributed by atoms with Crippen molar-refractivity contribution in [3.8, 4) is 11.1 Å². The standard InChI is InChI=1S/C26H25N3O5/c1-16(12-24(30)29-18-11-10-17(27-14-18)13-25(31)32)28-26(33)34-15-23-21-8-4-2-6-19(21)20-7-3-5-9-22(20)23/h2-11,14,16,23H,12-13,15H2,1H3,(H,28,33)(H,29,30)(H,31,32)/t16-/m0/s1. The maximum atomic E-state index is 12.4. The third-order valence-corrected chi connectivity index (χ3v) is 5.64. The summed E-state index contributed by atoms with van der Waals surface area (Å²) < 4.78 is 5.52. The van der Waals surface area contributed by atoms with E-state index in [-0.39, 0.29) is 31.3 Å². The van der Waals surface area contributed by atoms with Crippen molar-refractivity contribution in [3.63, 3.8) is 0 Å². The summed E-state index contributed by atoms with van der Waals surface area (Å²) >= 11 is 0. The Morgan fingerprint density at radius 3 is 2.24 bits per heavy atom. The molecule has 4 rings (SSSR count). The number of carbonyl (C=O) groups excluding carboxylic acids is 2. The Kier molecular flexibility index (Phi) is 6.87. The maximum absolute atomic E-state index is 12.4. The first-order chi connectivity index (χ1) is 16.4. The van der Waals surface area contributed by atoms with Crippen LogP contribution in [0.4, 0.5) is 10.5 Å². The van der Waals surface area contributed by atoms with Crippen molar-refractivity contribution in [3.05, 3.63) is 83.7 Å². The number of ether oxygens (including phenoxy) is 1. The van der Waals surface area contributed by atoms with Gasteiger partial charge >= 0.3 is 12.1 Å². The largest absolute Gasteiger partial charge is 0.481 e. The average Bonchev–Trinajstić information content (AvgIpc) is 3.12. The highest BCUT2D eigenvalue weighted by Crippen LogP contribution is 2.44. The first-order valence-corrected chi connectivity index (χ1v) is 11.0. The molecule has 1 aliphatic carbocycles. The molecule has 0 radical (unpaired) electrons. The summed E-state index contributed by atoms with van der Waals surface area (Å²) in [5, 5.41) is 14.2. The molecule has 0 spiro atoms. The fraction of sp³-hybridized carbons (Fsp3) is 0.231. The van der Waals surface area contributed by atoms with Gasteiger partial charge in [-0.05, 0) is 41.3 Å². The van der Waals surface area contributed by atoms with Gasteiger partial charge in [-0.2, -0.15) is 0 Å². The zero-order valence-corrected chi connectivity index (χ0v) is 18.7. The molecular weight excluding hydrogens is 434 g/mol. The van der Waals surface area contributed by atoms with E-state index in [1.54, 1.807) is 19.1 Å². The average molecular weight is 460 g/mol. The smallest absolute Gasteiger partial charge is 0.407 e. The molecular formula is C26H25N3O5. The minimum absolute atomic E-state index is 0.0339. The molecule has 34 heavy (non-hydrogen) atoms. The SMILES string of the molecule is C[C@@H](CC(=O)Nc1ccc(CC(=O)O)nc1)NC(=O)OCC1c2ccccc2-c2ccccc21. The van der Waals surface area contributed by atoms with Crippen LogP contribution in [0.25, 0.3) is 11.1 Å². The molecule has 1 atom stereocenters. The van der Waals surface area contributed by atoms with Gasteiger partial charge < -0.3 is 20.5 Å². The van der Waals surface area contributed by atoms with Gasteiger partial charge in [0.25, 0.3) is 0 Å². The molecule has 0 saturated heterocycles. The zero-order chi connectivity index (χ0) is 24.1. The summed E-state index contributed by atoms with van der Waals surface area (Å²) in [7, 11) is 0. The summed E-state index contributed by atoms with van der Waals surface area (Å²) in [6.07, 6.45) is 0.679. The molecule has 8 heteroatoms. The van der Waals surface area contributed by atoms with Crippen molar-refractivity contribution in [2.24, 2.45) is 0 Å². The van der Waals surface area contributed by atoms with Crippen LogP contribution >= 0.6 is 0 Å². The Morgan fingerprint density at radius 2 is 1.65 bits per heavy atom. The Bertz CT molecular complexity index is 1160. The second-order valence-electron chi connectivity index (χ2n) is 8.23. The Labute approximate surface area is 197 Å². The second-order valence-corrected chi connectivity index (χ2v) is 8.23. The van der Waals surface area contributed by atoms with Gasteiger partial charge in [0.1, 0.15) is 6.61 Å². The number of alkyl carbamates (subject to hydrolysis) is 1. The Morgan fingerprint density at radius 1 is 1.00 bits per heavy atom. The van der Waals surface area contributed by atoms with E-state index >= 15 is 0 Å². The number of pyridine rings is 1. The van der Waals surface area contributed by atoms with Gasteiger partial charge in [-0.3, -0.25) is 14.6 Å². The van der Waals surface area contributed by atoms with Crippen molar-refractivity contribution in [1.82, 2.24) is 10.3 Å². The number of carboxylic acid groups (broad SMARTS) is 1. The molecule has 0 unspecified atom stereocenters. The molecule has 2 amide bonds. The van der Waals surface area contributed by atoms with Gasteiger partial charge in [0.2, 0.25) is 5.91 Å². The minimum Gasteiger partial charge on any atom is -0.481 e. The number of rotatable bonds is 8. The number of fused-ring (bicyclic) bond motifs is 3. The monoisotopic (exact) mass is 459 g/mol. The summed E-state index contributed by atoms with van der Waals surface area (Å²) in [4.78, 5) is 39.4. The first-order valence-electron chi connectivity index (χ1n) is 11.0. The predicted octanol–water partition coefficient (Wildman–Crippen LogP) is 3.96. The van der Waals surface area contributed by atoms with Crippen molar-refractivity contribution in [2.45, 2.75) is 31.7 Å². The Hall–Kier alpha value is -4.20. The molecule has 0 bridgehead atoms. The molecule has 3 aromatic rings. The fourth-order valence-corrected chi connectivity index (χ4v) is 4.14. The number of carbonyl (C=O) groups is 3. The van der Waals surface area contributed by atoms with E-state index in [1.165, 1.54) is 6.20 Å². The van der Waals surface area contributed by atoms with Gasteiger partial charge in [0.15, 0.2) is 0 Å². The number of nitrogens with one attached hydrogen (secondary N) is 2. The topological polar surface area (TPSA) is 118 Å². The molecule has 0 aliphatic heterocycles. The zero-order valence-electron chi connectivity index (χ0n) is 18.7. The molecule has 8 nitrogen and oxygen atoms in total. The van der Waals surface area contributed by atoms with Gasteiger partial charge in [0.05, 0.1) is 24.0 Å². The van der Waals surface area contributed by atoms with Crippen LogP contribution in [0.3, 0.4) is 0 Å². The number of anilines is 1. The second kappa shape index (κ2) is 10.2. The van der Waals surface area contributed by atoms with E-state index in [2.05, 4.69) is 39.9 Å². The number of aromatic nitrogens is 1. The van der Waals surface area contributed by atoms with Crippen LogP contribution in [0.1, 0.15) is 36.1 Å². The van der Waals surface area contributed by atoms with Crippen LogP contribution < -0.4 is 10.6 Å². The van der Waals surface area contributed by atoms with Crippen LogP contribution in [0.5, 0.6) is 0 Å².